The van der Waals surface area contributed by atoms with Gasteiger partial charge in [0, 0.05) is 24.8 Å². The molecule has 0 aliphatic carbocycles. The number of nitrogens with zero attached hydrogens (tertiary/aromatic N) is 3. The van der Waals surface area contributed by atoms with E-state index in [9.17, 15) is 9.59 Å². The van der Waals surface area contributed by atoms with Crippen molar-refractivity contribution in [2.45, 2.75) is 33.4 Å². The molecule has 0 aliphatic heterocycles. The van der Waals surface area contributed by atoms with Gasteiger partial charge < -0.3 is 9.64 Å². The number of ether oxygens (including phenoxy) is 1. The molecular formula is C12H19N3O3. The summed E-state index contributed by atoms with van der Waals surface area (Å²) >= 11 is 0. The Bertz CT molecular complexity index is 494. The zero-order valence-corrected chi connectivity index (χ0v) is 11.4. The molecule has 0 bridgehead atoms. The summed E-state index contributed by atoms with van der Waals surface area (Å²) in [6.45, 7) is 5.46. The first-order valence-electron chi connectivity index (χ1n) is 5.75. The van der Waals surface area contributed by atoms with Crippen molar-refractivity contribution < 1.29 is 9.53 Å². The molecule has 0 N–H and O–H groups in total. The van der Waals surface area contributed by atoms with Gasteiger partial charge >= 0.3 is 0 Å². The number of carbonyl (C=O) groups excluding carboxylic acids is 1. The number of amides is 1. The van der Waals surface area contributed by atoms with E-state index < -0.39 is 0 Å². The van der Waals surface area contributed by atoms with E-state index in [0.717, 1.165) is 0 Å². The number of likely N-dealkylation sites (N-methyl/N-ethyl adjacent to an activating group) is 1. The summed E-state index contributed by atoms with van der Waals surface area (Å²) in [5.74, 6) is -0.156. The Labute approximate surface area is 106 Å². The van der Waals surface area contributed by atoms with Crippen molar-refractivity contribution in [3.05, 3.63) is 22.1 Å². The van der Waals surface area contributed by atoms with Gasteiger partial charge in [-0.05, 0) is 20.8 Å². The lowest BCUT2D eigenvalue weighted by Gasteiger charge is -2.22. The summed E-state index contributed by atoms with van der Waals surface area (Å²) in [4.78, 5) is 29.4. The minimum atomic E-state index is -0.287. The van der Waals surface area contributed by atoms with E-state index in [4.69, 9.17) is 4.74 Å². The molecule has 0 spiro atoms. The van der Waals surface area contributed by atoms with Crippen LogP contribution in [0.1, 0.15) is 19.5 Å². The fourth-order valence-corrected chi connectivity index (χ4v) is 1.43. The second-order valence-electron chi connectivity index (χ2n) is 4.41. The lowest BCUT2D eigenvalue weighted by Crippen LogP contribution is -2.38. The first-order chi connectivity index (χ1) is 8.36. The predicted octanol–water partition coefficient (Wildman–Crippen LogP) is 0.427. The van der Waals surface area contributed by atoms with Crippen molar-refractivity contribution in [1.29, 1.82) is 0 Å². The van der Waals surface area contributed by atoms with Gasteiger partial charge in [-0.15, -0.1) is 0 Å². The van der Waals surface area contributed by atoms with E-state index in [1.807, 2.05) is 13.8 Å². The highest BCUT2D eigenvalue weighted by molar-refractivity contribution is 5.76. The second-order valence-corrected chi connectivity index (χ2v) is 4.41. The topological polar surface area (TPSA) is 64.4 Å². The summed E-state index contributed by atoms with van der Waals surface area (Å²) in [6.07, 6.45) is 0. The summed E-state index contributed by atoms with van der Waals surface area (Å²) in [6, 6.07) is 1.62. The number of rotatable bonds is 4. The Morgan fingerprint density at radius 1 is 1.56 bits per heavy atom. The Kier molecular flexibility index (Phi) is 4.47. The van der Waals surface area contributed by atoms with Gasteiger partial charge in [-0.3, -0.25) is 14.2 Å². The highest BCUT2D eigenvalue weighted by Crippen LogP contribution is 2.05. The van der Waals surface area contributed by atoms with Crippen molar-refractivity contribution in [1.82, 2.24) is 14.5 Å². The van der Waals surface area contributed by atoms with Gasteiger partial charge in [0.05, 0.1) is 7.11 Å². The maximum absolute atomic E-state index is 11.9. The minimum absolute atomic E-state index is 0.0655. The van der Waals surface area contributed by atoms with Crippen LogP contribution >= 0.6 is 0 Å². The van der Waals surface area contributed by atoms with Crippen LogP contribution in [-0.4, -0.2) is 40.6 Å². The number of carbonyl (C=O) groups is 1. The molecule has 0 aliphatic rings. The van der Waals surface area contributed by atoms with Crippen LogP contribution < -0.4 is 10.3 Å². The molecule has 6 heteroatoms. The highest BCUT2D eigenvalue weighted by Gasteiger charge is 2.16. The van der Waals surface area contributed by atoms with Crippen LogP contribution in [0, 0.1) is 6.92 Å². The Morgan fingerprint density at radius 2 is 2.17 bits per heavy atom. The van der Waals surface area contributed by atoms with Crippen LogP contribution in [0.25, 0.3) is 0 Å². The van der Waals surface area contributed by atoms with Gasteiger partial charge in [0.15, 0.2) is 0 Å². The van der Waals surface area contributed by atoms with Crippen molar-refractivity contribution >= 4 is 5.91 Å². The minimum Gasteiger partial charge on any atom is -0.468 e. The van der Waals surface area contributed by atoms with E-state index in [1.54, 1.807) is 18.9 Å². The smallest absolute Gasteiger partial charge is 0.299 e. The summed E-state index contributed by atoms with van der Waals surface area (Å²) in [5.41, 5.74) is 0.280. The molecule has 6 nitrogen and oxygen atoms in total. The molecule has 1 heterocycles. The van der Waals surface area contributed by atoms with Crippen LogP contribution in [0.5, 0.6) is 6.01 Å². The number of hydrogen-bond acceptors (Lipinski definition) is 4. The Hall–Kier alpha value is -1.85. The maximum atomic E-state index is 11.9. The summed E-state index contributed by atoms with van der Waals surface area (Å²) in [7, 11) is 3.13. The normalized spacial score (nSPS) is 10.6. The molecule has 0 aromatic carbocycles. The molecule has 0 atom stereocenters. The van der Waals surface area contributed by atoms with Gasteiger partial charge in [0.25, 0.3) is 11.6 Å². The van der Waals surface area contributed by atoms with Crippen molar-refractivity contribution in [2.75, 3.05) is 14.2 Å². The van der Waals surface area contributed by atoms with Gasteiger partial charge in [-0.25, -0.2) is 4.98 Å². The third kappa shape index (κ3) is 3.09. The number of aromatic nitrogens is 2. The zero-order chi connectivity index (χ0) is 13.9. The van der Waals surface area contributed by atoms with Gasteiger partial charge in [-0.2, -0.15) is 0 Å². The quantitative estimate of drug-likeness (QED) is 0.780. The largest absolute Gasteiger partial charge is 0.468 e. The van der Waals surface area contributed by atoms with E-state index in [0.29, 0.717) is 5.69 Å². The van der Waals surface area contributed by atoms with Crippen LogP contribution in [-0.2, 0) is 11.3 Å². The fourth-order valence-electron chi connectivity index (χ4n) is 1.43. The van der Waals surface area contributed by atoms with Crippen LogP contribution in [0.4, 0.5) is 0 Å². The molecule has 0 radical (unpaired) electrons. The molecule has 0 saturated carbocycles. The summed E-state index contributed by atoms with van der Waals surface area (Å²) < 4.78 is 6.26. The van der Waals surface area contributed by atoms with Crippen molar-refractivity contribution in [3.8, 4) is 6.01 Å². The van der Waals surface area contributed by atoms with E-state index in [2.05, 4.69) is 4.98 Å². The third-order valence-corrected chi connectivity index (χ3v) is 2.75. The second kappa shape index (κ2) is 5.66. The van der Waals surface area contributed by atoms with Gasteiger partial charge in [0.2, 0.25) is 5.91 Å². The van der Waals surface area contributed by atoms with Crippen LogP contribution in [0.2, 0.25) is 0 Å². The number of aryl methyl sites for hydroxylation is 1. The van der Waals surface area contributed by atoms with E-state index in [1.165, 1.54) is 17.7 Å². The average Bonchev–Trinajstić information content (AvgIpc) is 2.30. The Balaban J connectivity index is 3.04. The highest BCUT2D eigenvalue weighted by atomic mass is 16.5. The molecule has 1 amide bonds. The molecule has 1 rings (SSSR count). The average molecular weight is 253 g/mol. The lowest BCUT2D eigenvalue weighted by atomic mass is 10.3. The maximum Gasteiger partial charge on any atom is 0.299 e. The van der Waals surface area contributed by atoms with Crippen molar-refractivity contribution in [2.24, 2.45) is 0 Å². The number of methoxy groups -OCH3 is 1. The third-order valence-electron chi connectivity index (χ3n) is 2.75. The monoisotopic (exact) mass is 253 g/mol. The SMILES string of the molecule is COc1nc(C)cc(=O)n1CC(=O)N(C)C(C)C. The van der Waals surface area contributed by atoms with E-state index in [-0.39, 0.29) is 30.1 Å². The molecule has 0 unspecified atom stereocenters. The van der Waals surface area contributed by atoms with E-state index >= 15 is 0 Å². The lowest BCUT2D eigenvalue weighted by molar-refractivity contribution is -0.132. The Morgan fingerprint density at radius 3 is 2.67 bits per heavy atom. The number of hydrogen-bond donors (Lipinski definition) is 0. The molecule has 100 valence electrons. The standard InChI is InChI=1S/C12H19N3O3/c1-8(2)14(4)11(17)7-15-10(16)6-9(3)13-12(15)18-5/h6,8H,7H2,1-5H3. The van der Waals surface area contributed by atoms with Crippen molar-refractivity contribution in [3.63, 3.8) is 0 Å². The van der Waals surface area contributed by atoms with Gasteiger partial charge in [-0.1, -0.05) is 0 Å². The molecule has 1 aromatic rings. The first-order valence-corrected chi connectivity index (χ1v) is 5.75. The molecule has 0 fully saturated rings. The fraction of sp³-hybridized carbons (Fsp3) is 0.583. The predicted molar refractivity (Wildman–Crippen MR) is 67.7 cm³/mol. The zero-order valence-electron chi connectivity index (χ0n) is 11.4. The molecule has 1 aromatic heterocycles. The molecule has 18 heavy (non-hydrogen) atoms. The molecular weight excluding hydrogens is 234 g/mol. The van der Waals surface area contributed by atoms with Crippen LogP contribution in [0.15, 0.2) is 10.9 Å². The summed E-state index contributed by atoms with van der Waals surface area (Å²) in [5, 5.41) is 0. The molecule has 0 saturated heterocycles. The first kappa shape index (κ1) is 14.2. The van der Waals surface area contributed by atoms with Crippen LogP contribution in [0.3, 0.4) is 0 Å². The van der Waals surface area contributed by atoms with Gasteiger partial charge in [0.1, 0.15) is 6.54 Å².